The van der Waals surface area contributed by atoms with Gasteiger partial charge in [-0.15, -0.1) is 0 Å². The molecule has 0 radical (unpaired) electrons. The molecule has 0 spiro atoms. The van der Waals surface area contributed by atoms with Crippen molar-refractivity contribution in [3.05, 3.63) is 89.2 Å². The fraction of sp³-hybridized carbons (Fsp3) is 0.174. The maximum absolute atomic E-state index is 13.4. The number of benzene rings is 3. The van der Waals surface area contributed by atoms with Crippen molar-refractivity contribution >= 4 is 33.2 Å². The van der Waals surface area contributed by atoms with E-state index in [1.165, 1.54) is 24.3 Å². The van der Waals surface area contributed by atoms with E-state index in [2.05, 4.69) is 10.0 Å². The van der Waals surface area contributed by atoms with Crippen LogP contribution in [0.2, 0.25) is 5.02 Å². The van der Waals surface area contributed by atoms with Crippen LogP contribution in [0.15, 0.2) is 77.7 Å². The Bertz CT molecular complexity index is 1170. The van der Waals surface area contributed by atoms with Gasteiger partial charge in [0.1, 0.15) is 17.6 Å². The molecule has 1 amide bonds. The fourth-order valence-corrected chi connectivity index (χ4v) is 4.35. The minimum Gasteiger partial charge on any atom is -0.494 e. The maximum Gasteiger partial charge on any atom is 0.242 e. The van der Waals surface area contributed by atoms with Gasteiger partial charge < -0.3 is 10.1 Å². The van der Waals surface area contributed by atoms with Gasteiger partial charge in [-0.25, -0.2) is 12.8 Å². The molecule has 0 saturated heterocycles. The molecular weight excluding hydrogens is 455 g/mol. The van der Waals surface area contributed by atoms with E-state index in [1.807, 2.05) is 13.0 Å². The van der Waals surface area contributed by atoms with Crippen LogP contribution in [0.4, 0.5) is 10.1 Å². The largest absolute Gasteiger partial charge is 0.494 e. The summed E-state index contributed by atoms with van der Waals surface area (Å²) in [6.07, 6.45) is 0.109. The second-order valence-corrected chi connectivity index (χ2v) is 9.01. The number of sulfonamides is 1. The van der Waals surface area contributed by atoms with Gasteiger partial charge >= 0.3 is 0 Å². The van der Waals surface area contributed by atoms with Crippen LogP contribution in [0.3, 0.4) is 0 Å². The molecule has 0 saturated carbocycles. The van der Waals surface area contributed by atoms with Crippen molar-refractivity contribution in [2.24, 2.45) is 0 Å². The standard InChI is InChI=1S/C23H22ClFN2O4S/c1-2-31-18-9-11-19(12-10-18)32(29,30)27-22(14-16-6-4-3-5-7-16)23(28)26-17-8-13-21(25)20(24)15-17/h3-13,15,22,27H,2,14H2,1H3,(H,26,28). The molecule has 0 heterocycles. The number of anilines is 1. The van der Waals surface area contributed by atoms with Crippen molar-refractivity contribution in [1.29, 1.82) is 0 Å². The first-order chi connectivity index (χ1) is 15.3. The summed E-state index contributed by atoms with van der Waals surface area (Å²) in [7, 11) is -4.02. The van der Waals surface area contributed by atoms with E-state index in [0.717, 1.165) is 11.6 Å². The van der Waals surface area contributed by atoms with Crippen LogP contribution < -0.4 is 14.8 Å². The van der Waals surface area contributed by atoms with Gasteiger partial charge in [0, 0.05) is 5.69 Å². The lowest BCUT2D eigenvalue weighted by Gasteiger charge is -2.19. The van der Waals surface area contributed by atoms with E-state index in [-0.39, 0.29) is 22.0 Å². The molecule has 0 aliphatic heterocycles. The summed E-state index contributed by atoms with van der Waals surface area (Å²) in [4.78, 5) is 13.0. The number of halogens is 2. The molecule has 9 heteroatoms. The summed E-state index contributed by atoms with van der Waals surface area (Å²) < 4.78 is 47.1. The summed E-state index contributed by atoms with van der Waals surface area (Å²) in [6, 6.07) is 17.5. The SMILES string of the molecule is CCOc1ccc(S(=O)(=O)NC(Cc2ccccc2)C(=O)Nc2ccc(F)c(Cl)c2)cc1. The van der Waals surface area contributed by atoms with E-state index in [9.17, 15) is 17.6 Å². The highest BCUT2D eigenvalue weighted by Gasteiger charge is 2.26. The van der Waals surface area contributed by atoms with E-state index in [0.29, 0.717) is 12.4 Å². The number of nitrogens with one attached hydrogen (secondary N) is 2. The molecule has 168 valence electrons. The van der Waals surface area contributed by atoms with E-state index in [1.54, 1.807) is 36.4 Å². The third-order valence-corrected chi connectivity index (χ3v) is 6.31. The third kappa shape index (κ3) is 6.29. The minimum atomic E-state index is -4.02. The molecule has 0 aliphatic rings. The van der Waals surface area contributed by atoms with Crippen molar-refractivity contribution in [2.75, 3.05) is 11.9 Å². The van der Waals surface area contributed by atoms with Gasteiger partial charge in [0.2, 0.25) is 15.9 Å². The first-order valence-electron chi connectivity index (χ1n) is 9.83. The Morgan fingerprint density at radius 1 is 1.06 bits per heavy atom. The van der Waals surface area contributed by atoms with E-state index >= 15 is 0 Å². The molecule has 1 unspecified atom stereocenters. The smallest absolute Gasteiger partial charge is 0.242 e. The quantitative estimate of drug-likeness (QED) is 0.479. The fourth-order valence-electron chi connectivity index (χ4n) is 2.98. The molecule has 32 heavy (non-hydrogen) atoms. The summed E-state index contributed by atoms with van der Waals surface area (Å²) in [5, 5.41) is 2.44. The lowest BCUT2D eigenvalue weighted by atomic mass is 10.1. The zero-order valence-electron chi connectivity index (χ0n) is 17.2. The highest BCUT2D eigenvalue weighted by atomic mass is 35.5. The molecule has 0 fully saturated rings. The summed E-state index contributed by atoms with van der Waals surface area (Å²) in [5.41, 5.74) is 1.01. The zero-order valence-corrected chi connectivity index (χ0v) is 18.8. The lowest BCUT2D eigenvalue weighted by molar-refractivity contribution is -0.117. The molecular formula is C23H22ClFN2O4S. The highest BCUT2D eigenvalue weighted by molar-refractivity contribution is 7.89. The van der Waals surface area contributed by atoms with Crippen LogP contribution in [-0.4, -0.2) is 27.0 Å². The van der Waals surface area contributed by atoms with Crippen LogP contribution in [0.25, 0.3) is 0 Å². The van der Waals surface area contributed by atoms with Gasteiger partial charge in [-0.2, -0.15) is 4.72 Å². The second kappa shape index (κ2) is 10.6. The van der Waals surface area contributed by atoms with Crippen LogP contribution in [0.5, 0.6) is 5.75 Å². The molecule has 3 aromatic rings. The maximum atomic E-state index is 13.4. The topological polar surface area (TPSA) is 84.5 Å². The Morgan fingerprint density at radius 3 is 2.38 bits per heavy atom. The van der Waals surface area contributed by atoms with Crippen molar-refractivity contribution in [3.8, 4) is 5.75 Å². The predicted molar refractivity (Wildman–Crippen MR) is 122 cm³/mol. The van der Waals surface area contributed by atoms with Gasteiger partial charge in [-0.3, -0.25) is 4.79 Å². The monoisotopic (exact) mass is 476 g/mol. The number of amides is 1. The van der Waals surface area contributed by atoms with Crippen LogP contribution in [0, 0.1) is 5.82 Å². The van der Waals surface area contributed by atoms with Crippen molar-refractivity contribution in [3.63, 3.8) is 0 Å². The van der Waals surface area contributed by atoms with Gasteiger partial charge in [0.25, 0.3) is 0 Å². The average Bonchev–Trinajstić information content (AvgIpc) is 2.77. The van der Waals surface area contributed by atoms with Crippen LogP contribution in [-0.2, 0) is 21.2 Å². The summed E-state index contributed by atoms with van der Waals surface area (Å²) in [5.74, 6) is -0.689. The molecule has 2 N–H and O–H groups in total. The van der Waals surface area contributed by atoms with Gasteiger partial charge in [0.05, 0.1) is 16.5 Å². The Labute approximate surface area is 191 Å². The predicted octanol–water partition coefficient (Wildman–Crippen LogP) is 4.41. The third-order valence-electron chi connectivity index (χ3n) is 4.53. The molecule has 3 rings (SSSR count). The van der Waals surface area contributed by atoms with Crippen molar-refractivity contribution in [1.82, 2.24) is 4.72 Å². The van der Waals surface area contributed by atoms with Crippen LogP contribution in [0.1, 0.15) is 12.5 Å². The summed E-state index contributed by atoms with van der Waals surface area (Å²) in [6.45, 7) is 2.28. The van der Waals surface area contributed by atoms with Gasteiger partial charge in [-0.1, -0.05) is 41.9 Å². The Morgan fingerprint density at radius 2 is 1.75 bits per heavy atom. The van der Waals surface area contributed by atoms with Crippen LogP contribution >= 0.6 is 11.6 Å². The number of carbonyl (C=O) groups is 1. The van der Waals surface area contributed by atoms with Gasteiger partial charge in [-0.05, 0) is 61.4 Å². The van der Waals surface area contributed by atoms with Crippen molar-refractivity contribution < 1.29 is 22.3 Å². The second-order valence-electron chi connectivity index (χ2n) is 6.89. The van der Waals surface area contributed by atoms with Gasteiger partial charge in [0.15, 0.2) is 0 Å². The zero-order chi connectivity index (χ0) is 23.1. The molecule has 0 aliphatic carbocycles. The lowest BCUT2D eigenvalue weighted by Crippen LogP contribution is -2.45. The average molecular weight is 477 g/mol. The normalized spacial score (nSPS) is 12.2. The molecule has 6 nitrogen and oxygen atoms in total. The number of rotatable bonds is 9. The number of carbonyl (C=O) groups excluding carboxylic acids is 1. The number of hydrogen-bond acceptors (Lipinski definition) is 4. The molecule has 3 aromatic carbocycles. The van der Waals surface area contributed by atoms with E-state index in [4.69, 9.17) is 16.3 Å². The van der Waals surface area contributed by atoms with Crippen molar-refractivity contribution in [2.45, 2.75) is 24.3 Å². The first-order valence-corrected chi connectivity index (χ1v) is 11.7. The number of ether oxygens (including phenoxy) is 1. The Hall–Kier alpha value is -2.94. The first kappa shape index (κ1) is 23.7. The summed E-state index contributed by atoms with van der Waals surface area (Å²) >= 11 is 5.78. The van der Waals surface area contributed by atoms with E-state index < -0.39 is 27.8 Å². The molecule has 1 atom stereocenters. The Balaban J connectivity index is 1.84. The molecule has 0 aromatic heterocycles. The number of hydrogen-bond donors (Lipinski definition) is 2. The minimum absolute atomic E-state index is 0.00311. The highest BCUT2D eigenvalue weighted by Crippen LogP contribution is 2.21. The molecule has 0 bridgehead atoms. The Kier molecular flexibility index (Phi) is 7.84.